The Balaban J connectivity index is 1.83. The minimum absolute atomic E-state index is 0.0896. The second-order valence-electron chi connectivity index (χ2n) is 8.97. The number of nitrogens with one attached hydrogen (secondary N) is 1. The first-order chi connectivity index (χ1) is 11.3. The molecule has 1 fully saturated rings. The Morgan fingerprint density at radius 3 is 2.79 bits per heavy atom. The van der Waals surface area contributed by atoms with Crippen LogP contribution < -0.4 is 5.32 Å². The summed E-state index contributed by atoms with van der Waals surface area (Å²) in [7, 11) is 0. The molecule has 3 nitrogen and oxygen atoms in total. The molecule has 24 heavy (non-hydrogen) atoms. The highest BCUT2D eigenvalue weighted by Crippen LogP contribution is 2.51. The summed E-state index contributed by atoms with van der Waals surface area (Å²) < 4.78 is 6.65. The lowest BCUT2D eigenvalue weighted by atomic mass is 9.62. The topological polar surface area (TPSA) is 38.3 Å². The van der Waals surface area contributed by atoms with Crippen molar-refractivity contribution < 1.29 is 9.53 Å². The summed E-state index contributed by atoms with van der Waals surface area (Å²) >= 11 is 0. The van der Waals surface area contributed by atoms with Gasteiger partial charge in [-0.1, -0.05) is 23.3 Å². The molecule has 3 aliphatic rings. The van der Waals surface area contributed by atoms with E-state index < -0.39 is 0 Å². The Morgan fingerprint density at radius 1 is 1.33 bits per heavy atom. The van der Waals surface area contributed by atoms with E-state index in [1.165, 1.54) is 18.4 Å². The lowest BCUT2D eigenvalue weighted by Crippen LogP contribution is -2.51. The summed E-state index contributed by atoms with van der Waals surface area (Å²) in [6, 6.07) is 0. The molecule has 3 heteroatoms. The third kappa shape index (κ3) is 3.08. The van der Waals surface area contributed by atoms with Gasteiger partial charge in [0.15, 0.2) is 0 Å². The second-order valence-corrected chi connectivity index (χ2v) is 8.97. The number of carbonyl (C=O) groups is 1. The van der Waals surface area contributed by atoms with E-state index in [4.69, 9.17) is 4.74 Å². The first-order valence-electron chi connectivity index (χ1n) is 9.50. The molecule has 0 aromatic rings. The van der Waals surface area contributed by atoms with E-state index in [1.807, 2.05) is 0 Å². The molecule has 2 aliphatic carbocycles. The van der Waals surface area contributed by atoms with Crippen molar-refractivity contribution in [2.24, 2.45) is 17.8 Å². The van der Waals surface area contributed by atoms with Crippen LogP contribution in [0.4, 0.5) is 0 Å². The summed E-state index contributed by atoms with van der Waals surface area (Å²) in [5.74, 6) is 1.83. The molecule has 0 bridgehead atoms. The van der Waals surface area contributed by atoms with Gasteiger partial charge < -0.3 is 10.1 Å². The molecule has 1 N–H and O–H groups in total. The third-order valence-electron chi connectivity index (χ3n) is 6.87. The van der Waals surface area contributed by atoms with Gasteiger partial charge >= 0.3 is 0 Å². The predicted octanol–water partition coefficient (Wildman–Crippen LogP) is 4.39. The van der Waals surface area contributed by atoms with Gasteiger partial charge in [0.25, 0.3) is 0 Å². The quantitative estimate of drug-likeness (QED) is 0.613. The van der Waals surface area contributed by atoms with Gasteiger partial charge in [-0.2, -0.15) is 0 Å². The molecular weight excluding hydrogens is 298 g/mol. The fourth-order valence-electron chi connectivity index (χ4n) is 5.20. The van der Waals surface area contributed by atoms with Crippen molar-refractivity contribution in [3.63, 3.8) is 0 Å². The lowest BCUT2D eigenvalue weighted by Gasteiger charge is -2.46. The van der Waals surface area contributed by atoms with Gasteiger partial charge in [-0.25, -0.2) is 0 Å². The van der Waals surface area contributed by atoms with Crippen molar-refractivity contribution in [1.82, 2.24) is 5.32 Å². The Morgan fingerprint density at radius 2 is 2.08 bits per heavy atom. The van der Waals surface area contributed by atoms with E-state index in [0.29, 0.717) is 17.8 Å². The Bertz CT molecular complexity index is 562. The molecule has 0 unspecified atom stereocenters. The number of carbonyl (C=O) groups excluding carboxylic acids is 1. The zero-order valence-electron chi connectivity index (χ0n) is 15.9. The molecule has 134 valence electrons. The molecule has 5 atom stereocenters. The summed E-state index contributed by atoms with van der Waals surface area (Å²) in [5, 5.41) is 2.95. The van der Waals surface area contributed by atoms with Crippen LogP contribution in [0.3, 0.4) is 0 Å². The van der Waals surface area contributed by atoms with Crippen molar-refractivity contribution in [3.8, 4) is 0 Å². The zero-order valence-corrected chi connectivity index (χ0v) is 15.9. The van der Waals surface area contributed by atoms with E-state index >= 15 is 0 Å². The predicted molar refractivity (Wildman–Crippen MR) is 97.6 cm³/mol. The fraction of sp³-hybridized carbons (Fsp3) is 0.762. The molecule has 1 amide bonds. The summed E-state index contributed by atoms with van der Waals surface area (Å²) in [6.45, 7) is 11.0. The maximum absolute atomic E-state index is 10.9. The molecule has 0 aromatic carbocycles. The molecule has 1 aliphatic heterocycles. The van der Waals surface area contributed by atoms with E-state index in [-0.39, 0.29) is 17.2 Å². The maximum atomic E-state index is 10.9. The maximum Gasteiger partial charge on any atom is 0.207 e. The molecule has 0 aromatic heterocycles. The average Bonchev–Trinajstić information content (AvgIpc) is 2.91. The van der Waals surface area contributed by atoms with Crippen LogP contribution in [0, 0.1) is 17.8 Å². The van der Waals surface area contributed by atoms with E-state index in [1.54, 1.807) is 5.57 Å². The van der Waals surface area contributed by atoms with Crippen molar-refractivity contribution in [3.05, 3.63) is 23.3 Å². The van der Waals surface area contributed by atoms with Crippen molar-refractivity contribution >= 4 is 6.41 Å². The van der Waals surface area contributed by atoms with Gasteiger partial charge in [0.2, 0.25) is 6.41 Å². The van der Waals surface area contributed by atoms with Gasteiger partial charge in [0.1, 0.15) is 0 Å². The van der Waals surface area contributed by atoms with Crippen molar-refractivity contribution in [2.45, 2.75) is 84.0 Å². The van der Waals surface area contributed by atoms with Gasteiger partial charge in [-0.15, -0.1) is 0 Å². The van der Waals surface area contributed by atoms with Crippen LogP contribution in [0.2, 0.25) is 0 Å². The van der Waals surface area contributed by atoms with E-state index in [0.717, 1.165) is 25.7 Å². The highest BCUT2D eigenvalue weighted by molar-refractivity contribution is 5.48. The first-order valence-corrected chi connectivity index (χ1v) is 9.50. The van der Waals surface area contributed by atoms with Crippen LogP contribution >= 0.6 is 0 Å². The lowest BCUT2D eigenvalue weighted by molar-refractivity contribution is -0.120. The summed E-state index contributed by atoms with van der Waals surface area (Å²) in [6.07, 6.45) is 11.6. The SMILES string of the molecule is CC1=C[C@@H]2[C@H](CC1)C(C)=CC[C@H]2[C@]1(C)CC[C@H](C(C)(C)NC=O)O1. The van der Waals surface area contributed by atoms with Crippen LogP contribution in [0.5, 0.6) is 0 Å². The van der Waals surface area contributed by atoms with Crippen LogP contribution in [-0.4, -0.2) is 23.7 Å². The Kier molecular flexibility index (Phi) is 4.67. The van der Waals surface area contributed by atoms with Crippen LogP contribution in [0.1, 0.15) is 66.7 Å². The normalized spacial score (nSPS) is 39.7. The Labute approximate surface area is 146 Å². The standard InChI is InChI=1S/C21H33NO2/c1-14-6-8-16-15(2)7-9-18(17(16)12-14)21(5)11-10-19(24-21)20(3,4)22-13-23/h7,12-13,16-19H,6,8-11H2,1-5H3,(H,22,23)/t16-,17-,18-,19-,21+/m1/s1. The highest BCUT2D eigenvalue weighted by Gasteiger charge is 2.51. The molecule has 3 rings (SSSR count). The summed E-state index contributed by atoms with van der Waals surface area (Å²) in [5.41, 5.74) is 2.71. The number of amides is 1. The molecule has 0 saturated carbocycles. The van der Waals surface area contributed by atoms with Crippen LogP contribution in [0.25, 0.3) is 0 Å². The molecule has 0 radical (unpaired) electrons. The van der Waals surface area contributed by atoms with Gasteiger partial charge in [0, 0.05) is 0 Å². The number of allylic oxidation sites excluding steroid dienone is 4. The number of rotatable bonds is 4. The largest absolute Gasteiger partial charge is 0.369 e. The monoisotopic (exact) mass is 331 g/mol. The van der Waals surface area contributed by atoms with Gasteiger partial charge in [0.05, 0.1) is 17.2 Å². The van der Waals surface area contributed by atoms with E-state index in [2.05, 4.69) is 52.1 Å². The van der Waals surface area contributed by atoms with Gasteiger partial charge in [-0.3, -0.25) is 4.79 Å². The highest BCUT2D eigenvalue weighted by atomic mass is 16.5. The first kappa shape index (κ1) is 17.7. The minimum Gasteiger partial charge on any atom is -0.369 e. The van der Waals surface area contributed by atoms with Crippen molar-refractivity contribution in [1.29, 1.82) is 0 Å². The second kappa shape index (κ2) is 6.33. The summed E-state index contributed by atoms with van der Waals surface area (Å²) in [4.78, 5) is 10.9. The number of hydrogen-bond acceptors (Lipinski definition) is 2. The third-order valence-corrected chi connectivity index (χ3v) is 6.87. The minimum atomic E-state index is -0.308. The zero-order chi connectivity index (χ0) is 17.5. The average molecular weight is 332 g/mol. The van der Waals surface area contributed by atoms with Crippen LogP contribution in [-0.2, 0) is 9.53 Å². The molecular formula is C21H33NO2. The number of hydrogen-bond donors (Lipinski definition) is 1. The van der Waals surface area contributed by atoms with Crippen LogP contribution in [0.15, 0.2) is 23.3 Å². The Hall–Kier alpha value is -1.09. The molecule has 1 saturated heterocycles. The van der Waals surface area contributed by atoms with Crippen molar-refractivity contribution in [2.75, 3.05) is 0 Å². The van der Waals surface area contributed by atoms with E-state index in [9.17, 15) is 4.79 Å². The smallest absolute Gasteiger partial charge is 0.207 e. The molecule has 1 heterocycles. The number of ether oxygens (including phenoxy) is 1. The fourth-order valence-corrected chi connectivity index (χ4v) is 5.20. The van der Waals surface area contributed by atoms with Gasteiger partial charge in [-0.05, 0) is 84.5 Å². The molecule has 0 spiro atoms. The number of fused-ring (bicyclic) bond motifs is 1.